The number of aryl methyl sites for hydroxylation is 1. The van der Waals surface area contributed by atoms with Crippen molar-refractivity contribution in [3.05, 3.63) is 94.9 Å². The lowest BCUT2D eigenvalue weighted by atomic mass is 10.1. The number of hydrogen-bond acceptors (Lipinski definition) is 4. The van der Waals surface area contributed by atoms with E-state index >= 15 is 0 Å². The SMILES string of the molecule is Cn1cc(C2NC=CC(Oc3ccc(NC(=O)Nc4ccc(Cl)c(C(F)(F)F)c4)cc3)=C2F)cn1. The molecular weight excluding hydrogens is 490 g/mol. The first-order valence-electron chi connectivity index (χ1n) is 10.1. The number of halogens is 5. The maximum absolute atomic E-state index is 14.9. The minimum absolute atomic E-state index is 0.0132. The van der Waals surface area contributed by atoms with Crippen LogP contribution in [0, 0.1) is 0 Å². The number of amides is 2. The largest absolute Gasteiger partial charge is 0.454 e. The monoisotopic (exact) mass is 507 g/mol. The summed E-state index contributed by atoms with van der Waals surface area (Å²) >= 11 is 5.58. The van der Waals surface area contributed by atoms with E-state index in [9.17, 15) is 22.4 Å². The fourth-order valence-electron chi connectivity index (χ4n) is 3.28. The number of nitrogens with one attached hydrogen (secondary N) is 3. The summed E-state index contributed by atoms with van der Waals surface area (Å²) in [7, 11) is 1.73. The molecule has 0 saturated carbocycles. The molecule has 2 aromatic carbocycles. The van der Waals surface area contributed by atoms with Gasteiger partial charge in [0.05, 0.1) is 16.8 Å². The number of dihydropyridines is 1. The molecule has 35 heavy (non-hydrogen) atoms. The maximum Gasteiger partial charge on any atom is 0.417 e. The van der Waals surface area contributed by atoms with Crippen LogP contribution in [0.4, 0.5) is 33.7 Å². The number of rotatable bonds is 5. The van der Waals surface area contributed by atoms with Gasteiger partial charge in [0.1, 0.15) is 11.8 Å². The Hall–Kier alpha value is -3.99. The Morgan fingerprint density at radius 1 is 1.14 bits per heavy atom. The quantitative estimate of drug-likeness (QED) is 0.362. The van der Waals surface area contributed by atoms with E-state index in [4.69, 9.17) is 16.3 Å². The predicted molar refractivity (Wildman–Crippen MR) is 123 cm³/mol. The lowest BCUT2D eigenvalue weighted by Crippen LogP contribution is -2.21. The summed E-state index contributed by atoms with van der Waals surface area (Å²) in [5.41, 5.74) is -0.173. The third-order valence-electron chi connectivity index (χ3n) is 4.91. The third kappa shape index (κ3) is 5.75. The first-order chi connectivity index (χ1) is 16.6. The Bertz CT molecular complexity index is 1300. The molecule has 1 unspecified atom stereocenters. The highest BCUT2D eigenvalue weighted by molar-refractivity contribution is 6.31. The minimum atomic E-state index is -4.66. The number of hydrogen-bond donors (Lipinski definition) is 3. The van der Waals surface area contributed by atoms with Gasteiger partial charge in [0.25, 0.3) is 0 Å². The Morgan fingerprint density at radius 3 is 2.49 bits per heavy atom. The van der Waals surface area contributed by atoms with Crippen molar-refractivity contribution < 1.29 is 27.1 Å². The zero-order chi connectivity index (χ0) is 25.2. The predicted octanol–water partition coefficient (Wildman–Crippen LogP) is 6.15. The van der Waals surface area contributed by atoms with E-state index in [0.29, 0.717) is 17.0 Å². The van der Waals surface area contributed by atoms with Crippen molar-refractivity contribution in [2.75, 3.05) is 10.6 Å². The normalized spacial score (nSPS) is 15.5. The molecule has 2 amide bonds. The fourth-order valence-corrected chi connectivity index (χ4v) is 3.50. The standard InChI is InChI=1S/C23H18ClF4N5O2/c1-33-12-13(11-30-33)21-20(25)19(8-9-29-21)35-16-5-2-14(3-6-16)31-22(34)32-15-4-7-18(24)17(10-15)23(26,27)28/h2-12,21,29H,1H3,(H2,31,32,34). The Balaban J connectivity index is 1.39. The molecule has 0 fully saturated rings. The molecule has 3 N–H and O–H groups in total. The Labute approximate surface area is 202 Å². The van der Waals surface area contributed by atoms with Crippen LogP contribution in [-0.2, 0) is 13.2 Å². The fraction of sp³-hybridized carbons (Fsp3) is 0.130. The summed E-state index contributed by atoms with van der Waals surface area (Å²) in [6.45, 7) is 0. The molecule has 1 aliphatic heterocycles. The van der Waals surface area contributed by atoms with Crippen molar-refractivity contribution in [2.45, 2.75) is 12.2 Å². The van der Waals surface area contributed by atoms with Crippen molar-refractivity contribution >= 4 is 29.0 Å². The summed E-state index contributed by atoms with van der Waals surface area (Å²) in [6.07, 6.45) is 1.60. The highest BCUT2D eigenvalue weighted by Crippen LogP contribution is 2.36. The van der Waals surface area contributed by atoms with Crippen molar-refractivity contribution in [1.29, 1.82) is 0 Å². The number of carbonyl (C=O) groups excluding carboxylic acids is 1. The molecule has 4 rings (SSSR count). The summed E-state index contributed by atoms with van der Waals surface area (Å²) in [4.78, 5) is 12.2. The van der Waals surface area contributed by atoms with Gasteiger partial charge in [-0.1, -0.05) is 11.6 Å². The van der Waals surface area contributed by atoms with Crippen LogP contribution in [0.25, 0.3) is 0 Å². The van der Waals surface area contributed by atoms with E-state index in [2.05, 4.69) is 21.0 Å². The topological polar surface area (TPSA) is 80.2 Å². The zero-order valence-electron chi connectivity index (χ0n) is 18.0. The second-order valence-corrected chi connectivity index (χ2v) is 7.90. The number of carbonyl (C=O) groups is 1. The van der Waals surface area contributed by atoms with Crippen molar-refractivity contribution in [1.82, 2.24) is 15.1 Å². The third-order valence-corrected chi connectivity index (χ3v) is 5.24. The van der Waals surface area contributed by atoms with Crippen LogP contribution in [0.1, 0.15) is 17.2 Å². The van der Waals surface area contributed by atoms with Gasteiger partial charge < -0.3 is 20.7 Å². The van der Waals surface area contributed by atoms with Crippen molar-refractivity contribution in [3.63, 3.8) is 0 Å². The van der Waals surface area contributed by atoms with E-state index in [-0.39, 0.29) is 11.4 Å². The molecule has 2 heterocycles. The van der Waals surface area contributed by atoms with E-state index < -0.39 is 34.7 Å². The average molecular weight is 508 g/mol. The number of urea groups is 1. The van der Waals surface area contributed by atoms with Crippen LogP contribution >= 0.6 is 11.6 Å². The van der Waals surface area contributed by atoms with Crippen LogP contribution < -0.4 is 20.7 Å². The lowest BCUT2D eigenvalue weighted by molar-refractivity contribution is -0.137. The number of allylic oxidation sites excluding steroid dienone is 1. The average Bonchev–Trinajstić information content (AvgIpc) is 3.23. The summed E-state index contributed by atoms with van der Waals surface area (Å²) in [5.74, 6) is -0.201. The van der Waals surface area contributed by atoms with Gasteiger partial charge in [-0.25, -0.2) is 9.18 Å². The van der Waals surface area contributed by atoms with E-state index in [1.54, 1.807) is 30.3 Å². The summed E-state index contributed by atoms with van der Waals surface area (Å²) in [5, 5.41) is 11.3. The first-order valence-corrected chi connectivity index (χ1v) is 10.5. The van der Waals surface area contributed by atoms with Crippen LogP contribution in [0.2, 0.25) is 5.02 Å². The second-order valence-electron chi connectivity index (χ2n) is 7.49. The van der Waals surface area contributed by atoms with Gasteiger partial charge in [-0.05, 0) is 48.5 Å². The number of ether oxygens (including phenoxy) is 1. The highest BCUT2D eigenvalue weighted by Gasteiger charge is 2.33. The zero-order valence-corrected chi connectivity index (χ0v) is 18.8. The molecule has 0 bridgehead atoms. The molecule has 182 valence electrons. The number of anilines is 2. The number of aromatic nitrogens is 2. The molecule has 1 atom stereocenters. The van der Waals surface area contributed by atoms with E-state index in [1.807, 2.05) is 0 Å². The van der Waals surface area contributed by atoms with Crippen LogP contribution in [0.3, 0.4) is 0 Å². The number of alkyl halides is 3. The molecule has 0 spiro atoms. The molecule has 0 radical (unpaired) electrons. The molecule has 3 aromatic rings. The minimum Gasteiger partial charge on any atom is -0.454 e. The molecular formula is C23H18ClF4N5O2. The van der Waals surface area contributed by atoms with Gasteiger partial charge in [-0.3, -0.25) is 4.68 Å². The smallest absolute Gasteiger partial charge is 0.417 e. The summed E-state index contributed by atoms with van der Waals surface area (Å²) < 4.78 is 61.1. The van der Waals surface area contributed by atoms with Gasteiger partial charge >= 0.3 is 12.2 Å². The van der Waals surface area contributed by atoms with Gasteiger partial charge in [-0.2, -0.15) is 18.3 Å². The van der Waals surface area contributed by atoms with E-state index in [1.165, 1.54) is 36.4 Å². The van der Waals surface area contributed by atoms with Crippen LogP contribution in [-0.4, -0.2) is 15.8 Å². The van der Waals surface area contributed by atoms with Crippen molar-refractivity contribution in [3.8, 4) is 5.75 Å². The molecule has 0 saturated heterocycles. The van der Waals surface area contributed by atoms with Crippen LogP contribution in [0.15, 0.2) is 78.7 Å². The Kier molecular flexibility index (Phi) is 6.70. The molecule has 1 aromatic heterocycles. The Morgan fingerprint density at radius 2 is 1.83 bits per heavy atom. The van der Waals surface area contributed by atoms with Crippen molar-refractivity contribution in [2.24, 2.45) is 7.05 Å². The van der Waals surface area contributed by atoms with E-state index in [0.717, 1.165) is 12.1 Å². The van der Waals surface area contributed by atoms with Gasteiger partial charge in [-0.15, -0.1) is 0 Å². The van der Waals surface area contributed by atoms with Gasteiger partial charge in [0.2, 0.25) is 0 Å². The first kappa shape index (κ1) is 24.1. The van der Waals surface area contributed by atoms with Crippen LogP contribution in [0.5, 0.6) is 5.75 Å². The number of benzene rings is 2. The lowest BCUT2D eigenvalue weighted by Gasteiger charge is -2.20. The second kappa shape index (κ2) is 9.71. The van der Waals surface area contributed by atoms with Gasteiger partial charge in [0, 0.05) is 36.4 Å². The molecule has 7 nitrogen and oxygen atoms in total. The molecule has 0 aliphatic carbocycles. The highest BCUT2D eigenvalue weighted by atomic mass is 35.5. The molecule has 1 aliphatic rings. The molecule has 12 heteroatoms. The summed E-state index contributed by atoms with van der Waals surface area (Å²) in [6, 6.07) is 7.56. The number of nitrogens with zero attached hydrogens (tertiary/aromatic N) is 2. The maximum atomic E-state index is 14.9. The van der Waals surface area contributed by atoms with Gasteiger partial charge in [0.15, 0.2) is 11.6 Å².